The molecular formula is C46H28Cl2N8S2. The maximum absolute atomic E-state index is 10.6. The first-order chi connectivity index (χ1) is 28.3. The van der Waals surface area contributed by atoms with Crippen LogP contribution in [0.15, 0.2) is 119 Å². The fourth-order valence-electron chi connectivity index (χ4n) is 8.03. The van der Waals surface area contributed by atoms with Gasteiger partial charge in [0.05, 0.1) is 79.9 Å². The molecule has 0 bridgehead atoms. The van der Waals surface area contributed by atoms with Crippen LogP contribution < -0.4 is 0 Å². The number of aromatic nitrogens is 6. The first-order valence-electron chi connectivity index (χ1n) is 18.3. The van der Waals surface area contributed by atoms with Gasteiger partial charge in [0.2, 0.25) is 0 Å². The predicted molar refractivity (Wildman–Crippen MR) is 236 cm³/mol. The number of hydrogen-bond acceptors (Lipinski definition) is 8. The normalized spacial score (nSPS) is 12.7. The number of halogens is 2. The number of nitrogens with zero attached hydrogens (tertiary/aromatic N) is 8. The third kappa shape index (κ3) is 5.84. The zero-order chi connectivity index (χ0) is 39.7. The molecule has 2 atom stereocenters. The van der Waals surface area contributed by atoms with E-state index in [4.69, 9.17) is 33.2 Å². The molecule has 4 aromatic carbocycles. The molecule has 58 heavy (non-hydrogen) atoms. The van der Waals surface area contributed by atoms with Crippen LogP contribution in [0.4, 0.5) is 0 Å². The second-order valence-electron chi connectivity index (χ2n) is 14.1. The summed E-state index contributed by atoms with van der Waals surface area (Å²) in [6.45, 7) is 3.87. The smallest absolute Gasteiger partial charge is 0.111 e. The summed E-state index contributed by atoms with van der Waals surface area (Å²) < 4.78 is 4.07. The summed E-state index contributed by atoms with van der Waals surface area (Å²) in [7, 11) is 0. The minimum Gasteiger partial charge on any atom is -0.294 e. The van der Waals surface area contributed by atoms with E-state index < -0.39 is 11.8 Å². The van der Waals surface area contributed by atoms with E-state index in [1.165, 1.54) is 0 Å². The summed E-state index contributed by atoms with van der Waals surface area (Å²) in [4.78, 5) is 19.1. The largest absolute Gasteiger partial charge is 0.294 e. The number of rotatable bonds is 7. The van der Waals surface area contributed by atoms with Gasteiger partial charge in [0.15, 0.2) is 0 Å². The number of imidazole rings is 2. The van der Waals surface area contributed by atoms with E-state index in [9.17, 15) is 10.5 Å². The van der Waals surface area contributed by atoms with Gasteiger partial charge in [0.1, 0.15) is 22.7 Å². The van der Waals surface area contributed by atoms with Crippen LogP contribution >= 0.6 is 45.9 Å². The van der Waals surface area contributed by atoms with E-state index in [1.807, 2.05) is 59.4 Å². The molecule has 0 radical (unpaired) electrons. The average molecular weight is 828 g/mol. The van der Waals surface area contributed by atoms with Crippen LogP contribution in [-0.4, -0.2) is 29.1 Å². The van der Waals surface area contributed by atoms with E-state index in [1.54, 1.807) is 47.2 Å². The molecule has 0 saturated heterocycles. The van der Waals surface area contributed by atoms with Crippen molar-refractivity contribution in [2.75, 3.05) is 0 Å². The van der Waals surface area contributed by atoms with Crippen molar-refractivity contribution >= 4 is 89.7 Å². The molecule has 0 aliphatic heterocycles. The fraction of sp³-hybridized carbons (Fsp3) is 0.0870. The summed E-state index contributed by atoms with van der Waals surface area (Å²) in [5.41, 5.74) is 12.1. The molecule has 6 heterocycles. The Hall–Kier alpha value is -6.40. The van der Waals surface area contributed by atoms with Crippen molar-refractivity contribution in [3.8, 4) is 45.8 Å². The van der Waals surface area contributed by atoms with Crippen LogP contribution in [0.25, 0.3) is 77.5 Å². The summed E-state index contributed by atoms with van der Waals surface area (Å²) in [5.74, 6) is -0.179. The Bertz CT molecular complexity index is 3110. The van der Waals surface area contributed by atoms with Crippen LogP contribution in [0.1, 0.15) is 34.6 Å². The molecule has 0 aliphatic carbocycles. The van der Waals surface area contributed by atoms with E-state index >= 15 is 0 Å². The molecule has 0 aliphatic rings. The van der Waals surface area contributed by atoms with Gasteiger partial charge in [-0.3, -0.25) is 19.1 Å². The minimum atomic E-state index is -0.835. The van der Waals surface area contributed by atoms with Crippen molar-refractivity contribution in [2.45, 2.75) is 25.7 Å². The van der Waals surface area contributed by atoms with Gasteiger partial charge in [-0.15, -0.1) is 0 Å². The second kappa shape index (κ2) is 14.2. The van der Waals surface area contributed by atoms with Gasteiger partial charge in [-0.2, -0.15) is 33.2 Å². The number of aryl methyl sites for hydroxylation is 2. The Morgan fingerprint density at radius 3 is 1.38 bits per heavy atom. The summed E-state index contributed by atoms with van der Waals surface area (Å²) in [5, 5.41) is 32.3. The van der Waals surface area contributed by atoms with Crippen LogP contribution in [0.2, 0.25) is 10.0 Å². The molecule has 12 heteroatoms. The molecule has 0 fully saturated rings. The van der Waals surface area contributed by atoms with Crippen LogP contribution in [-0.2, 0) is 0 Å². The molecule has 10 rings (SSSR count). The van der Waals surface area contributed by atoms with Crippen LogP contribution in [0.3, 0.4) is 0 Å². The highest BCUT2D eigenvalue weighted by atomic mass is 35.5. The SMILES string of the molecule is Cc1nc2cnc3ccc(-c4ccsc4)cc3c2n1-c1ccc(C(C#N)C(C#N)c2ccc(-n3c(C)nc4cnc5ccc(-c6ccsc6)cc5c43)c(Cl)c2)cc1Cl. The van der Waals surface area contributed by atoms with Crippen molar-refractivity contribution in [3.05, 3.63) is 152 Å². The Morgan fingerprint density at radius 1 is 0.552 bits per heavy atom. The van der Waals surface area contributed by atoms with Gasteiger partial charge < -0.3 is 0 Å². The van der Waals surface area contributed by atoms with E-state index in [2.05, 4.69) is 80.0 Å². The van der Waals surface area contributed by atoms with Gasteiger partial charge in [0.25, 0.3) is 0 Å². The lowest BCUT2D eigenvalue weighted by Crippen LogP contribution is -2.10. The average Bonchev–Trinajstić information content (AvgIpc) is 4.07. The minimum absolute atomic E-state index is 0.426. The number of thiophene rings is 2. The van der Waals surface area contributed by atoms with Crippen molar-refractivity contribution < 1.29 is 0 Å². The standard InChI is InChI=1S/C46H28Cl2N8S2/c1-25-53-41-21-51-39-7-3-27(31-11-13-57-23-31)15-33(39)45(41)55(25)43-9-5-29(17-37(43)47)35(19-49)36(20-50)30-6-10-44(38(48)18-30)56-26(2)54-42-22-52-40-8-4-28(16-34(40)46(42)56)32-12-14-58-24-32/h3-18,21-24,35-36H,1-2H3. The van der Waals surface area contributed by atoms with Gasteiger partial charge >= 0.3 is 0 Å². The molecule has 2 unspecified atom stereocenters. The maximum Gasteiger partial charge on any atom is 0.111 e. The Balaban J connectivity index is 1.02. The molecule has 0 amide bonds. The maximum atomic E-state index is 10.6. The second-order valence-corrected chi connectivity index (χ2v) is 16.5. The van der Waals surface area contributed by atoms with Gasteiger partial charge in [-0.05, 0) is 129 Å². The zero-order valence-electron chi connectivity index (χ0n) is 30.9. The highest BCUT2D eigenvalue weighted by molar-refractivity contribution is 7.08. The lowest BCUT2D eigenvalue weighted by Gasteiger charge is -2.19. The number of nitriles is 2. The number of hydrogen-bond donors (Lipinski definition) is 0. The van der Waals surface area contributed by atoms with Gasteiger partial charge in [-0.1, -0.05) is 47.5 Å². The van der Waals surface area contributed by atoms with Crippen molar-refractivity contribution in [1.82, 2.24) is 29.1 Å². The van der Waals surface area contributed by atoms with Gasteiger partial charge in [0, 0.05) is 10.8 Å². The lowest BCUT2D eigenvalue weighted by atomic mass is 9.83. The number of benzene rings is 4. The highest BCUT2D eigenvalue weighted by Gasteiger charge is 2.28. The lowest BCUT2D eigenvalue weighted by molar-refractivity contribution is 0.760. The number of fused-ring (bicyclic) bond motifs is 6. The predicted octanol–water partition coefficient (Wildman–Crippen LogP) is 12.8. The quantitative estimate of drug-likeness (QED) is 0.158. The number of pyridine rings is 2. The third-order valence-corrected chi connectivity index (χ3v) is 12.7. The Morgan fingerprint density at radius 2 is 1.00 bits per heavy atom. The Kier molecular flexibility index (Phi) is 8.81. The zero-order valence-corrected chi connectivity index (χ0v) is 34.0. The van der Waals surface area contributed by atoms with E-state index in [0.29, 0.717) is 32.5 Å². The third-order valence-electron chi connectivity index (χ3n) is 10.8. The monoisotopic (exact) mass is 826 g/mol. The van der Waals surface area contributed by atoms with Crippen LogP contribution in [0, 0.1) is 36.5 Å². The summed E-state index contributed by atoms with van der Waals surface area (Å²) >= 11 is 17.5. The first-order valence-corrected chi connectivity index (χ1v) is 20.9. The molecule has 6 aromatic heterocycles. The van der Waals surface area contributed by atoms with Gasteiger partial charge in [-0.25, -0.2) is 9.97 Å². The topological polar surface area (TPSA) is 109 Å². The summed E-state index contributed by atoms with van der Waals surface area (Å²) in [6, 6.07) is 32.6. The molecule has 8 nitrogen and oxygen atoms in total. The fourth-order valence-corrected chi connectivity index (χ4v) is 9.90. The molecule has 0 saturated carbocycles. The molecule has 10 aromatic rings. The van der Waals surface area contributed by atoms with E-state index in [-0.39, 0.29) is 0 Å². The molecular weight excluding hydrogens is 800 g/mol. The molecule has 278 valence electrons. The Labute approximate surface area is 350 Å². The van der Waals surface area contributed by atoms with E-state index in [0.717, 1.165) is 77.8 Å². The summed E-state index contributed by atoms with van der Waals surface area (Å²) in [6.07, 6.45) is 3.57. The van der Waals surface area contributed by atoms with Crippen molar-refractivity contribution in [2.24, 2.45) is 0 Å². The first kappa shape index (κ1) is 36.0. The molecule has 0 spiro atoms. The van der Waals surface area contributed by atoms with Crippen molar-refractivity contribution in [1.29, 1.82) is 10.5 Å². The van der Waals surface area contributed by atoms with Crippen molar-refractivity contribution in [3.63, 3.8) is 0 Å². The molecule has 0 N–H and O–H groups in total. The van der Waals surface area contributed by atoms with Crippen LogP contribution in [0.5, 0.6) is 0 Å². The highest BCUT2D eigenvalue weighted by Crippen LogP contribution is 2.40.